The average molecular weight is 258 g/mol. The fourth-order valence-electron chi connectivity index (χ4n) is 1.66. The Morgan fingerprint density at radius 3 is 2.17 bits per heavy atom. The predicted molar refractivity (Wildman–Crippen MR) is 70.6 cm³/mol. The zero-order valence-electron chi connectivity index (χ0n) is 11.8. The van der Waals surface area contributed by atoms with Crippen LogP contribution in [-0.4, -0.2) is 28.0 Å². The second-order valence-corrected chi connectivity index (χ2v) is 5.34. The minimum atomic E-state index is -1.03. The standard InChI is InChI=1S/C13H26N2O3/c1-5-10(4)6-7-11(13(17)18)15(14)12(16)8-9(2)3/h9-11H,5-8,14H2,1-4H3,(H,17,18). The van der Waals surface area contributed by atoms with Gasteiger partial charge in [-0.2, -0.15) is 0 Å². The van der Waals surface area contributed by atoms with Gasteiger partial charge < -0.3 is 5.11 Å². The molecule has 0 aromatic rings. The van der Waals surface area contributed by atoms with Gasteiger partial charge in [0.15, 0.2) is 0 Å². The molecule has 0 heterocycles. The molecule has 18 heavy (non-hydrogen) atoms. The van der Waals surface area contributed by atoms with Gasteiger partial charge >= 0.3 is 5.97 Å². The van der Waals surface area contributed by atoms with Crippen molar-refractivity contribution in [3.63, 3.8) is 0 Å². The molecule has 2 unspecified atom stereocenters. The number of hydrogen-bond acceptors (Lipinski definition) is 3. The number of carbonyl (C=O) groups is 2. The quantitative estimate of drug-likeness (QED) is 0.396. The van der Waals surface area contributed by atoms with Crippen molar-refractivity contribution in [2.45, 2.75) is 59.4 Å². The van der Waals surface area contributed by atoms with Crippen molar-refractivity contribution >= 4 is 11.9 Å². The number of rotatable bonds is 8. The van der Waals surface area contributed by atoms with Crippen LogP contribution in [-0.2, 0) is 9.59 Å². The minimum Gasteiger partial charge on any atom is -0.480 e. The van der Waals surface area contributed by atoms with Gasteiger partial charge in [-0.3, -0.25) is 9.80 Å². The van der Waals surface area contributed by atoms with Gasteiger partial charge in [0.05, 0.1) is 0 Å². The summed E-state index contributed by atoms with van der Waals surface area (Å²) in [5, 5.41) is 10.0. The molecule has 5 nitrogen and oxygen atoms in total. The number of amides is 1. The second kappa shape index (κ2) is 8.08. The van der Waals surface area contributed by atoms with Crippen molar-refractivity contribution in [1.82, 2.24) is 5.01 Å². The highest BCUT2D eigenvalue weighted by molar-refractivity contribution is 5.83. The van der Waals surface area contributed by atoms with Crippen LogP contribution in [0.3, 0.4) is 0 Å². The number of nitrogens with two attached hydrogens (primary N) is 1. The summed E-state index contributed by atoms with van der Waals surface area (Å²) in [6.45, 7) is 7.93. The SMILES string of the molecule is CCC(C)CCC(C(=O)O)N(N)C(=O)CC(C)C. The van der Waals surface area contributed by atoms with Gasteiger partial charge in [0.1, 0.15) is 6.04 Å². The van der Waals surface area contributed by atoms with Crippen LogP contribution in [0.4, 0.5) is 0 Å². The van der Waals surface area contributed by atoms with Crippen LogP contribution in [0.1, 0.15) is 53.4 Å². The van der Waals surface area contributed by atoms with Crippen molar-refractivity contribution in [3.8, 4) is 0 Å². The molecule has 2 atom stereocenters. The number of hydrazine groups is 1. The first-order chi connectivity index (χ1) is 8.29. The van der Waals surface area contributed by atoms with Gasteiger partial charge in [0, 0.05) is 6.42 Å². The Balaban J connectivity index is 4.49. The van der Waals surface area contributed by atoms with Crippen LogP contribution >= 0.6 is 0 Å². The zero-order valence-corrected chi connectivity index (χ0v) is 11.8. The molecule has 0 radical (unpaired) electrons. The van der Waals surface area contributed by atoms with Crippen molar-refractivity contribution in [3.05, 3.63) is 0 Å². The molecule has 0 rings (SSSR count). The molecule has 0 saturated heterocycles. The average Bonchev–Trinajstić information content (AvgIpc) is 2.27. The van der Waals surface area contributed by atoms with Crippen molar-refractivity contribution in [1.29, 1.82) is 0 Å². The molecule has 0 saturated carbocycles. The van der Waals surface area contributed by atoms with Gasteiger partial charge in [-0.05, 0) is 24.7 Å². The Morgan fingerprint density at radius 1 is 1.22 bits per heavy atom. The lowest BCUT2D eigenvalue weighted by Gasteiger charge is -2.25. The lowest BCUT2D eigenvalue weighted by Crippen LogP contribution is -2.50. The third-order valence-electron chi connectivity index (χ3n) is 3.12. The molecular weight excluding hydrogens is 232 g/mol. The van der Waals surface area contributed by atoms with Crippen LogP contribution in [0.25, 0.3) is 0 Å². The molecule has 0 bridgehead atoms. The lowest BCUT2D eigenvalue weighted by molar-refractivity contribution is -0.151. The van der Waals surface area contributed by atoms with Gasteiger partial charge in [-0.15, -0.1) is 0 Å². The van der Waals surface area contributed by atoms with E-state index in [1.807, 2.05) is 13.8 Å². The first-order valence-corrected chi connectivity index (χ1v) is 6.59. The number of carboxylic acids is 1. The Kier molecular flexibility index (Phi) is 7.59. The fraction of sp³-hybridized carbons (Fsp3) is 0.846. The topological polar surface area (TPSA) is 83.6 Å². The summed E-state index contributed by atoms with van der Waals surface area (Å²) in [4.78, 5) is 22.9. The monoisotopic (exact) mass is 258 g/mol. The van der Waals surface area contributed by atoms with Crippen molar-refractivity contribution in [2.75, 3.05) is 0 Å². The molecule has 0 aromatic carbocycles. The molecule has 106 valence electrons. The predicted octanol–water partition coefficient (Wildman–Crippen LogP) is 2.01. The summed E-state index contributed by atoms with van der Waals surface area (Å²) < 4.78 is 0. The summed E-state index contributed by atoms with van der Waals surface area (Å²) in [6, 6.07) is -0.912. The highest BCUT2D eigenvalue weighted by atomic mass is 16.4. The van der Waals surface area contributed by atoms with Gasteiger partial charge in [0.2, 0.25) is 5.91 Å². The van der Waals surface area contributed by atoms with E-state index in [-0.39, 0.29) is 18.2 Å². The molecule has 1 amide bonds. The Morgan fingerprint density at radius 2 is 1.78 bits per heavy atom. The molecule has 0 aliphatic heterocycles. The Labute approximate surface area is 109 Å². The molecule has 0 aliphatic carbocycles. The van der Waals surface area contributed by atoms with Crippen LogP contribution in [0.15, 0.2) is 0 Å². The summed E-state index contributed by atoms with van der Waals surface area (Å²) in [5.74, 6) is 4.93. The molecule has 3 N–H and O–H groups in total. The van der Waals surface area contributed by atoms with E-state index >= 15 is 0 Å². The second-order valence-electron chi connectivity index (χ2n) is 5.34. The first-order valence-electron chi connectivity index (χ1n) is 6.59. The number of carbonyl (C=O) groups excluding carboxylic acids is 1. The molecule has 0 spiro atoms. The first kappa shape index (κ1) is 16.9. The van der Waals surface area contributed by atoms with E-state index in [2.05, 4.69) is 13.8 Å². The van der Waals surface area contributed by atoms with E-state index in [1.54, 1.807) is 0 Å². The third kappa shape index (κ3) is 6.00. The smallest absolute Gasteiger partial charge is 0.328 e. The molecule has 0 aromatic heterocycles. The van der Waals surface area contributed by atoms with Crippen LogP contribution in [0, 0.1) is 11.8 Å². The Bertz CT molecular complexity index is 279. The molecule has 0 aliphatic rings. The minimum absolute atomic E-state index is 0.174. The number of carboxylic acid groups (broad SMARTS) is 1. The molecular formula is C13H26N2O3. The van der Waals surface area contributed by atoms with E-state index in [0.29, 0.717) is 12.3 Å². The maximum atomic E-state index is 11.8. The zero-order chi connectivity index (χ0) is 14.3. The summed E-state index contributed by atoms with van der Waals surface area (Å²) in [5.41, 5.74) is 0. The van der Waals surface area contributed by atoms with Crippen molar-refractivity contribution < 1.29 is 14.7 Å². The summed E-state index contributed by atoms with van der Waals surface area (Å²) in [7, 11) is 0. The maximum Gasteiger partial charge on any atom is 0.328 e. The molecule has 0 fully saturated rings. The third-order valence-corrected chi connectivity index (χ3v) is 3.12. The van der Waals surface area contributed by atoms with E-state index in [9.17, 15) is 9.59 Å². The number of nitrogens with zero attached hydrogens (tertiary/aromatic N) is 1. The normalized spacial score (nSPS) is 14.3. The van der Waals surface area contributed by atoms with Crippen LogP contribution in [0.5, 0.6) is 0 Å². The summed E-state index contributed by atoms with van der Waals surface area (Å²) in [6.07, 6.45) is 2.45. The lowest BCUT2D eigenvalue weighted by atomic mass is 9.99. The number of aliphatic carboxylic acids is 1. The van der Waals surface area contributed by atoms with Gasteiger partial charge in [-0.25, -0.2) is 10.6 Å². The van der Waals surface area contributed by atoms with E-state index in [1.165, 1.54) is 0 Å². The molecule has 5 heteroatoms. The summed E-state index contributed by atoms with van der Waals surface area (Å²) >= 11 is 0. The van der Waals surface area contributed by atoms with E-state index in [0.717, 1.165) is 17.9 Å². The highest BCUT2D eigenvalue weighted by Crippen LogP contribution is 2.15. The maximum absolute atomic E-state index is 11.8. The highest BCUT2D eigenvalue weighted by Gasteiger charge is 2.27. The van der Waals surface area contributed by atoms with Crippen molar-refractivity contribution in [2.24, 2.45) is 17.7 Å². The van der Waals surface area contributed by atoms with Gasteiger partial charge in [0.25, 0.3) is 0 Å². The van der Waals surface area contributed by atoms with Crippen LogP contribution < -0.4 is 5.84 Å². The van der Waals surface area contributed by atoms with Crippen LogP contribution in [0.2, 0.25) is 0 Å². The largest absolute Gasteiger partial charge is 0.480 e. The van der Waals surface area contributed by atoms with E-state index in [4.69, 9.17) is 10.9 Å². The number of hydrogen-bond donors (Lipinski definition) is 2. The van der Waals surface area contributed by atoms with Gasteiger partial charge in [-0.1, -0.05) is 34.1 Å². The van der Waals surface area contributed by atoms with E-state index < -0.39 is 12.0 Å². The fourth-order valence-corrected chi connectivity index (χ4v) is 1.66. The Hall–Kier alpha value is -1.10.